The summed E-state index contributed by atoms with van der Waals surface area (Å²) in [6, 6.07) is 10.5. The van der Waals surface area contributed by atoms with Crippen molar-refractivity contribution in [1.29, 1.82) is 5.26 Å². The normalized spacial score (nSPS) is 10.5. The van der Waals surface area contributed by atoms with Gasteiger partial charge in [-0.25, -0.2) is 0 Å². The van der Waals surface area contributed by atoms with E-state index in [4.69, 9.17) is 11.0 Å². The summed E-state index contributed by atoms with van der Waals surface area (Å²) in [6.45, 7) is 4.34. The second-order valence-electron chi connectivity index (χ2n) is 4.28. The molecule has 0 spiro atoms. The first-order valence-electron chi connectivity index (χ1n) is 5.51. The van der Waals surface area contributed by atoms with E-state index in [-0.39, 0.29) is 0 Å². The minimum atomic E-state index is 0.526. The minimum absolute atomic E-state index is 0.526. The van der Waals surface area contributed by atoms with E-state index < -0.39 is 0 Å². The van der Waals surface area contributed by atoms with Crippen LogP contribution in [0.2, 0.25) is 0 Å². The molecule has 0 saturated heterocycles. The standard InChI is InChI=1S/C14H14N2S/c1-9(2)10-3-5-11(6-4-10)12-8-17-13(7-15)14(12)16/h3-6,8-9H,16H2,1-2H3. The lowest BCUT2D eigenvalue weighted by atomic mass is 9.99. The van der Waals surface area contributed by atoms with Crippen molar-refractivity contribution in [2.75, 3.05) is 5.73 Å². The number of nitriles is 1. The number of anilines is 1. The molecular weight excluding hydrogens is 228 g/mol. The van der Waals surface area contributed by atoms with Crippen LogP contribution in [0.5, 0.6) is 0 Å². The molecule has 0 amide bonds. The number of nitrogen functional groups attached to an aromatic ring is 1. The highest BCUT2D eigenvalue weighted by atomic mass is 32.1. The van der Waals surface area contributed by atoms with Gasteiger partial charge < -0.3 is 5.73 Å². The van der Waals surface area contributed by atoms with Crippen LogP contribution in [-0.4, -0.2) is 0 Å². The van der Waals surface area contributed by atoms with Gasteiger partial charge in [0.15, 0.2) is 0 Å². The number of nitrogens with zero attached hydrogens (tertiary/aromatic N) is 1. The average Bonchev–Trinajstić information content (AvgIpc) is 2.70. The third-order valence-electron chi connectivity index (χ3n) is 2.82. The summed E-state index contributed by atoms with van der Waals surface area (Å²) in [7, 11) is 0. The van der Waals surface area contributed by atoms with Gasteiger partial charge in [0.05, 0.1) is 5.69 Å². The molecular formula is C14H14N2S. The summed E-state index contributed by atoms with van der Waals surface area (Å²) in [5.74, 6) is 0.526. The first-order valence-corrected chi connectivity index (χ1v) is 6.39. The number of nitrogens with two attached hydrogens (primary N) is 1. The van der Waals surface area contributed by atoms with E-state index in [1.54, 1.807) is 0 Å². The predicted molar refractivity (Wildman–Crippen MR) is 73.0 cm³/mol. The molecule has 0 aliphatic heterocycles. The average molecular weight is 242 g/mol. The van der Waals surface area contributed by atoms with Crippen LogP contribution in [-0.2, 0) is 0 Å². The fourth-order valence-corrected chi connectivity index (χ4v) is 2.51. The van der Waals surface area contributed by atoms with Gasteiger partial charge in [0.25, 0.3) is 0 Å². The molecule has 1 aromatic carbocycles. The molecule has 86 valence electrons. The van der Waals surface area contributed by atoms with Crippen LogP contribution in [0.3, 0.4) is 0 Å². The molecule has 1 heterocycles. The summed E-state index contributed by atoms with van der Waals surface area (Å²) in [5.41, 5.74) is 9.87. The van der Waals surface area contributed by atoms with Gasteiger partial charge in [-0.1, -0.05) is 38.1 Å². The summed E-state index contributed by atoms with van der Waals surface area (Å²) < 4.78 is 0. The van der Waals surface area contributed by atoms with E-state index in [1.165, 1.54) is 16.9 Å². The molecule has 2 rings (SSSR count). The van der Waals surface area contributed by atoms with Crippen molar-refractivity contribution in [3.63, 3.8) is 0 Å². The van der Waals surface area contributed by atoms with Crippen molar-refractivity contribution in [3.05, 3.63) is 40.1 Å². The van der Waals surface area contributed by atoms with Gasteiger partial charge in [-0.3, -0.25) is 0 Å². The molecule has 0 atom stereocenters. The Kier molecular flexibility index (Phi) is 3.16. The summed E-state index contributed by atoms with van der Waals surface area (Å²) in [6.07, 6.45) is 0. The van der Waals surface area contributed by atoms with Gasteiger partial charge in [-0.15, -0.1) is 11.3 Å². The SMILES string of the molecule is CC(C)c1ccc(-c2csc(C#N)c2N)cc1. The molecule has 3 heteroatoms. The Morgan fingerprint density at radius 1 is 1.24 bits per heavy atom. The lowest BCUT2D eigenvalue weighted by Gasteiger charge is -2.06. The van der Waals surface area contributed by atoms with Crippen LogP contribution in [0.25, 0.3) is 11.1 Å². The monoisotopic (exact) mass is 242 g/mol. The Morgan fingerprint density at radius 3 is 2.35 bits per heavy atom. The predicted octanol–water partition coefficient (Wildman–Crippen LogP) is 3.99. The van der Waals surface area contributed by atoms with Crippen LogP contribution >= 0.6 is 11.3 Å². The maximum atomic E-state index is 8.88. The number of thiophene rings is 1. The highest BCUT2D eigenvalue weighted by Gasteiger charge is 2.10. The first kappa shape index (κ1) is 11.7. The van der Waals surface area contributed by atoms with Gasteiger partial charge >= 0.3 is 0 Å². The lowest BCUT2D eigenvalue weighted by molar-refractivity contribution is 0.867. The molecule has 0 saturated carbocycles. The topological polar surface area (TPSA) is 49.8 Å². The molecule has 17 heavy (non-hydrogen) atoms. The van der Waals surface area contributed by atoms with Gasteiger partial charge in [0, 0.05) is 10.9 Å². The maximum absolute atomic E-state index is 8.88. The van der Waals surface area contributed by atoms with Gasteiger partial charge in [0.1, 0.15) is 10.9 Å². The maximum Gasteiger partial charge on any atom is 0.128 e. The molecule has 1 aromatic heterocycles. The first-order chi connectivity index (χ1) is 8.13. The van der Waals surface area contributed by atoms with Crippen LogP contribution in [0.4, 0.5) is 5.69 Å². The molecule has 0 bridgehead atoms. The van der Waals surface area contributed by atoms with E-state index >= 15 is 0 Å². The molecule has 0 radical (unpaired) electrons. The van der Waals surface area contributed by atoms with Crippen molar-refractivity contribution in [3.8, 4) is 17.2 Å². The Morgan fingerprint density at radius 2 is 1.88 bits per heavy atom. The van der Waals surface area contributed by atoms with Gasteiger partial charge in [0.2, 0.25) is 0 Å². The molecule has 0 fully saturated rings. The quantitative estimate of drug-likeness (QED) is 0.865. The Hall–Kier alpha value is -1.79. The van der Waals surface area contributed by atoms with Crippen molar-refractivity contribution in [2.45, 2.75) is 19.8 Å². The fraction of sp³-hybridized carbons (Fsp3) is 0.214. The Bertz CT molecular complexity index is 559. The van der Waals surface area contributed by atoms with Crippen LogP contribution in [0.15, 0.2) is 29.6 Å². The van der Waals surface area contributed by atoms with Crippen LogP contribution < -0.4 is 5.73 Å². The third-order valence-corrected chi connectivity index (χ3v) is 3.72. The second-order valence-corrected chi connectivity index (χ2v) is 5.16. The van der Waals surface area contributed by atoms with Crippen LogP contribution in [0, 0.1) is 11.3 Å². The van der Waals surface area contributed by atoms with Gasteiger partial charge in [-0.2, -0.15) is 5.26 Å². The van der Waals surface area contributed by atoms with Crippen molar-refractivity contribution >= 4 is 17.0 Å². The number of rotatable bonds is 2. The number of benzene rings is 1. The van der Waals surface area contributed by atoms with Crippen molar-refractivity contribution in [2.24, 2.45) is 0 Å². The highest BCUT2D eigenvalue weighted by molar-refractivity contribution is 7.11. The van der Waals surface area contributed by atoms with Crippen molar-refractivity contribution < 1.29 is 0 Å². The molecule has 2 aromatic rings. The Labute approximate surface area is 105 Å². The number of hydrogen-bond donors (Lipinski definition) is 1. The van der Waals surface area contributed by atoms with E-state index in [1.807, 2.05) is 5.38 Å². The molecule has 2 nitrogen and oxygen atoms in total. The third kappa shape index (κ3) is 2.17. The van der Waals surface area contributed by atoms with E-state index in [0.717, 1.165) is 11.1 Å². The Balaban J connectivity index is 2.40. The lowest BCUT2D eigenvalue weighted by Crippen LogP contribution is -1.89. The highest BCUT2D eigenvalue weighted by Crippen LogP contribution is 2.34. The molecule has 0 aliphatic rings. The molecule has 0 aliphatic carbocycles. The number of hydrogen-bond acceptors (Lipinski definition) is 3. The van der Waals surface area contributed by atoms with Gasteiger partial charge in [-0.05, 0) is 17.0 Å². The summed E-state index contributed by atoms with van der Waals surface area (Å²) in [5, 5.41) is 10.8. The van der Waals surface area contributed by atoms with Crippen LogP contribution in [0.1, 0.15) is 30.2 Å². The second kappa shape index (κ2) is 4.60. The smallest absolute Gasteiger partial charge is 0.128 e. The van der Waals surface area contributed by atoms with Crippen molar-refractivity contribution in [1.82, 2.24) is 0 Å². The fourth-order valence-electron chi connectivity index (χ4n) is 1.72. The van der Waals surface area contributed by atoms with E-state index in [2.05, 4.69) is 44.2 Å². The zero-order valence-electron chi connectivity index (χ0n) is 9.90. The van der Waals surface area contributed by atoms with E-state index in [0.29, 0.717) is 16.5 Å². The summed E-state index contributed by atoms with van der Waals surface area (Å²) in [4.78, 5) is 0.591. The molecule has 2 N–H and O–H groups in total. The zero-order valence-corrected chi connectivity index (χ0v) is 10.7. The largest absolute Gasteiger partial charge is 0.396 e. The minimum Gasteiger partial charge on any atom is -0.396 e. The van der Waals surface area contributed by atoms with E-state index in [9.17, 15) is 0 Å². The zero-order chi connectivity index (χ0) is 12.4. The molecule has 0 unspecified atom stereocenters. The summed E-state index contributed by atoms with van der Waals surface area (Å²) >= 11 is 1.40.